The summed E-state index contributed by atoms with van der Waals surface area (Å²) in [6.45, 7) is 6.12. The van der Waals surface area contributed by atoms with Crippen molar-refractivity contribution in [2.75, 3.05) is 4.90 Å². The van der Waals surface area contributed by atoms with Crippen LogP contribution in [0.5, 0.6) is 0 Å². The van der Waals surface area contributed by atoms with Gasteiger partial charge in [0.25, 0.3) is 0 Å². The molecule has 300 valence electrons. The minimum atomic E-state index is -0.809. The predicted molar refractivity (Wildman–Crippen MR) is 261 cm³/mol. The standard InChI is InChI=1S/C61H44FN/c1-3-4-9-22-42(2)60(43-23-10-5-11-24-43)55-39-46(62)35-37-53(55)59-52-33-19-18-32-51(52)58(41-57(59)60)63(47-29-16-8-17-30-47)48-36-38-50-49-31-20-21-34-54(49)61(56(50)40-48,44-25-12-6-13-26-44)45-27-14-7-15-28-45/h3-41H,1H2,2H3/b9-4-,42-22+. The van der Waals surface area contributed by atoms with Gasteiger partial charge in [-0.1, -0.05) is 206 Å². The molecule has 2 aliphatic carbocycles. The van der Waals surface area contributed by atoms with Gasteiger partial charge in [0, 0.05) is 16.8 Å². The molecule has 0 bridgehead atoms. The zero-order valence-electron chi connectivity index (χ0n) is 35.0. The highest BCUT2D eigenvalue weighted by Gasteiger charge is 2.49. The maximum atomic E-state index is 15.8. The number of halogens is 1. The minimum absolute atomic E-state index is 0.258. The van der Waals surface area contributed by atoms with Crippen molar-refractivity contribution >= 4 is 27.8 Å². The first-order chi connectivity index (χ1) is 31.1. The Bertz CT molecular complexity index is 3220. The highest BCUT2D eigenvalue weighted by atomic mass is 19.1. The number of hydrogen-bond acceptors (Lipinski definition) is 1. The minimum Gasteiger partial charge on any atom is -0.310 e. The van der Waals surface area contributed by atoms with Crippen LogP contribution in [0.1, 0.15) is 45.9 Å². The molecule has 0 heterocycles. The van der Waals surface area contributed by atoms with E-state index in [1.54, 1.807) is 18.2 Å². The molecule has 0 amide bonds. The summed E-state index contributed by atoms with van der Waals surface area (Å²) in [6.07, 6.45) is 7.94. The smallest absolute Gasteiger partial charge is 0.123 e. The van der Waals surface area contributed by atoms with Crippen molar-refractivity contribution in [3.8, 4) is 22.3 Å². The summed E-state index contributed by atoms with van der Waals surface area (Å²) in [6, 6.07) is 75.7. The highest BCUT2D eigenvalue weighted by Crippen LogP contribution is 2.61. The second kappa shape index (κ2) is 15.3. The van der Waals surface area contributed by atoms with Gasteiger partial charge in [0.15, 0.2) is 0 Å². The van der Waals surface area contributed by atoms with E-state index in [0.717, 1.165) is 61.2 Å². The average molecular weight is 810 g/mol. The lowest BCUT2D eigenvalue weighted by atomic mass is 9.67. The number of anilines is 3. The number of benzene rings is 9. The molecule has 0 fully saturated rings. The summed E-state index contributed by atoms with van der Waals surface area (Å²) in [5.41, 5.74) is 15.5. The average Bonchev–Trinajstić information content (AvgIpc) is 3.80. The Morgan fingerprint density at radius 1 is 0.476 bits per heavy atom. The van der Waals surface area contributed by atoms with Crippen molar-refractivity contribution < 1.29 is 4.39 Å². The molecule has 0 radical (unpaired) electrons. The van der Waals surface area contributed by atoms with E-state index in [0.29, 0.717) is 0 Å². The fourth-order valence-electron chi connectivity index (χ4n) is 10.9. The van der Waals surface area contributed by atoms with E-state index >= 15 is 4.39 Å². The van der Waals surface area contributed by atoms with Crippen LogP contribution in [-0.4, -0.2) is 0 Å². The Morgan fingerprint density at radius 3 is 1.73 bits per heavy atom. The van der Waals surface area contributed by atoms with Gasteiger partial charge in [-0.3, -0.25) is 0 Å². The maximum Gasteiger partial charge on any atom is 0.123 e. The molecular formula is C61H44FN. The number of hydrogen-bond donors (Lipinski definition) is 0. The van der Waals surface area contributed by atoms with E-state index in [1.165, 1.54) is 33.4 Å². The van der Waals surface area contributed by atoms with Crippen molar-refractivity contribution in [1.82, 2.24) is 0 Å². The van der Waals surface area contributed by atoms with E-state index in [-0.39, 0.29) is 5.82 Å². The number of fused-ring (bicyclic) bond motifs is 8. The van der Waals surface area contributed by atoms with Crippen LogP contribution in [0.2, 0.25) is 0 Å². The van der Waals surface area contributed by atoms with Crippen molar-refractivity contribution in [1.29, 1.82) is 0 Å². The molecule has 1 unspecified atom stereocenters. The van der Waals surface area contributed by atoms with Crippen LogP contribution in [0.4, 0.5) is 21.5 Å². The lowest BCUT2D eigenvalue weighted by molar-refractivity contribution is 0.621. The largest absolute Gasteiger partial charge is 0.310 e. The van der Waals surface area contributed by atoms with Crippen LogP contribution < -0.4 is 4.90 Å². The van der Waals surface area contributed by atoms with Crippen molar-refractivity contribution in [2.45, 2.75) is 17.8 Å². The van der Waals surface area contributed by atoms with Crippen LogP contribution in [0.15, 0.2) is 249 Å². The first kappa shape index (κ1) is 38.1. The highest BCUT2D eigenvalue weighted by molar-refractivity contribution is 6.11. The lowest BCUT2D eigenvalue weighted by Gasteiger charge is -2.36. The Labute approximate surface area is 369 Å². The zero-order chi connectivity index (χ0) is 42.5. The quantitative estimate of drug-likeness (QED) is 0.131. The van der Waals surface area contributed by atoms with E-state index in [9.17, 15) is 0 Å². The van der Waals surface area contributed by atoms with Gasteiger partial charge in [-0.25, -0.2) is 4.39 Å². The molecule has 0 saturated heterocycles. The number of rotatable bonds is 9. The van der Waals surface area contributed by atoms with E-state index < -0.39 is 10.8 Å². The van der Waals surface area contributed by atoms with Crippen LogP contribution in [0.25, 0.3) is 33.0 Å². The molecule has 0 aromatic heterocycles. The molecule has 2 aliphatic rings. The third kappa shape index (κ3) is 5.68. The molecule has 0 saturated carbocycles. The van der Waals surface area contributed by atoms with Gasteiger partial charge in [-0.05, 0) is 116 Å². The molecule has 1 nitrogen and oxygen atoms in total. The predicted octanol–water partition coefficient (Wildman–Crippen LogP) is 15.8. The third-order valence-corrected chi connectivity index (χ3v) is 13.4. The topological polar surface area (TPSA) is 3.24 Å². The first-order valence-electron chi connectivity index (χ1n) is 21.7. The first-order valence-corrected chi connectivity index (χ1v) is 21.7. The molecule has 63 heavy (non-hydrogen) atoms. The van der Waals surface area contributed by atoms with Gasteiger partial charge in [-0.15, -0.1) is 0 Å². The molecule has 0 aliphatic heterocycles. The second-order valence-corrected chi connectivity index (χ2v) is 16.6. The monoisotopic (exact) mass is 809 g/mol. The fraction of sp³-hybridized carbons (Fsp3) is 0.0492. The third-order valence-electron chi connectivity index (χ3n) is 13.4. The SMILES string of the molecule is C=C/C=C\C=C(/C)C1(c2ccccc2)c2cc(F)ccc2-c2c1cc(N(c1ccccc1)c1ccc3c(c1)C(c1ccccc1)(c1ccccc1)c1ccccc1-3)c1ccccc21. The molecule has 9 aromatic rings. The lowest BCUT2D eigenvalue weighted by Crippen LogP contribution is -2.29. The maximum absolute atomic E-state index is 15.8. The van der Waals surface area contributed by atoms with Gasteiger partial charge >= 0.3 is 0 Å². The Hall–Kier alpha value is -7.81. The normalized spacial score (nSPS) is 15.7. The van der Waals surface area contributed by atoms with Gasteiger partial charge in [0.05, 0.1) is 16.5 Å². The van der Waals surface area contributed by atoms with E-state index in [4.69, 9.17) is 0 Å². The van der Waals surface area contributed by atoms with Gasteiger partial charge in [0.1, 0.15) is 5.82 Å². The fourth-order valence-corrected chi connectivity index (χ4v) is 10.9. The Kier molecular flexibility index (Phi) is 9.25. The molecule has 2 heteroatoms. The molecule has 9 aromatic carbocycles. The number of allylic oxidation sites excluding steroid dienone is 5. The molecule has 1 atom stereocenters. The Morgan fingerprint density at radius 2 is 1.05 bits per heavy atom. The van der Waals surface area contributed by atoms with Crippen molar-refractivity contribution in [3.05, 3.63) is 294 Å². The van der Waals surface area contributed by atoms with Crippen LogP contribution >= 0.6 is 0 Å². The van der Waals surface area contributed by atoms with Crippen LogP contribution in [0.3, 0.4) is 0 Å². The number of nitrogens with zero attached hydrogens (tertiary/aromatic N) is 1. The second-order valence-electron chi connectivity index (χ2n) is 16.6. The number of para-hydroxylation sites is 1. The summed E-state index contributed by atoms with van der Waals surface area (Å²) in [7, 11) is 0. The molecule has 0 N–H and O–H groups in total. The summed E-state index contributed by atoms with van der Waals surface area (Å²) >= 11 is 0. The van der Waals surface area contributed by atoms with Crippen LogP contribution in [-0.2, 0) is 10.8 Å². The van der Waals surface area contributed by atoms with E-state index in [1.807, 2.05) is 18.2 Å². The van der Waals surface area contributed by atoms with Crippen molar-refractivity contribution in [2.24, 2.45) is 0 Å². The molecule has 0 spiro atoms. The van der Waals surface area contributed by atoms with Crippen LogP contribution in [0, 0.1) is 5.82 Å². The van der Waals surface area contributed by atoms with Crippen molar-refractivity contribution in [3.63, 3.8) is 0 Å². The molecular weight excluding hydrogens is 766 g/mol. The Balaban J connectivity index is 1.25. The summed E-state index contributed by atoms with van der Waals surface area (Å²) in [5.74, 6) is -0.258. The molecule has 11 rings (SSSR count). The van der Waals surface area contributed by atoms with E-state index in [2.05, 4.69) is 219 Å². The summed E-state index contributed by atoms with van der Waals surface area (Å²) < 4.78 is 15.8. The summed E-state index contributed by atoms with van der Waals surface area (Å²) in [5, 5.41) is 2.22. The van der Waals surface area contributed by atoms with Gasteiger partial charge in [0.2, 0.25) is 0 Å². The van der Waals surface area contributed by atoms with Gasteiger partial charge in [-0.2, -0.15) is 0 Å². The zero-order valence-corrected chi connectivity index (χ0v) is 35.0. The summed E-state index contributed by atoms with van der Waals surface area (Å²) in [4.78, 5) is 2.43. The van der Waals surface area contributed by atoms with Gasteiger partial charge < -0.3 is 4.90 Å².